The minimum absolute atomic E-state index is 0.155. The number of aromatic nitrogens is 2. The van der Waals surface area contributed by atoms with Gasteiger partial charge in [-0.1, -0.05) is 23.7 Å². The second-order valence-corrected chi connectivity index (χ2v) is 8.04. The maximum absolute atomic E-state index is 13.5. The van der Waals surface area contributed by atoms with Crippen molar-refractivity contribution in [3.8, 4) is 11.4 Å². The Bertz CT molecular complexity index is 1350. The molecule has 1 heterocycles. The van der Waals surface area contributed by atoms with Gasteiger partial charge in [-0.3, -0.25) is 14.2 Å². The highest BCUT2D eigenvalue weighted by molar-refractivity contribution is 6.30. The molecular formula is C26H24ClN3O3. The Balaban J connectivity index is 1.85. The number of hydrogen-bond donors (Lipinski definition) is 0. The van der Waals surface area contributed by atoms with Crippen molar-refractivity contribution in [3.05, 3.63) is 99.6 Å². The molecule has 7 heteroatoms. The molecule has 1 unspecified atom stereocenters. The molecular weight excluding hydrogens is 438 g/mol. The largest absolute Gasteiger partial charge is 0.497 e. The Hall–Kier alpha value is -3.64. The number of nitrogens with zero attached hydrogens (tertiary/aromatic N) is 3. The first-order valence-electron chi connectivity index (χ1n) is 10.7. The SMILES string of the molecule is CCN(C(=O)c1ccc(OC)cc1)C(C)c1nc2ccccc2c(=O)n1-c1ccc(Cl)cc1. The van der Waals surface area contributed by atoms with Gasteiger partial charge in [0, 0.05) is 17.1 Å². The lowest BCUT2D eigenvalue weighted by Gasteiger charge is -2.29. The quantitative estimate of drug-likeness (QED) is 0.392. The van der Waals surface area contributed by atoms with Gasteiger partial charge >= 0.3 is 0 Å². The van der Waals surface area contributed by atoms with Gasteiger partial charge in [0.05, 0.1) is 29.7 Å². The third-order valence-electron chi connectivity index (χ3n) is 5.67. The van der Waals surface area contributed by atoms with Gasteiger partial charge in [0.15, 0.2) is 0 Å². The third kappa shape index (κ3) is 4.34. The zero-order valence-corrected chi connectivity index (χ0v) is 19.4. The average molecular weight is 462 g/mol. The lowest BCUT2D eigenvalue weighted by Crippen LogP contribution is -2.37. The lowest BCUT2D eigenvalue weighted by atomic mass is 10.1. The lowest BCUT2D eigenvalue weighted by molar-refractivity contribution is 0.0693. The summed E-state index contributed by atoms with van der Waals surface area (Å²) in [7, 11) is 1.58. The highest BCUT2D eigenvalue weighted by Gasteiger charge is 2.26. The van der Waals surface area contributed by atoms with E-state index in [4.69, 9.17) is 21.3 Å². The molecule has 3 aromatic carbocycles. The van der Waals surface area contributed by atoms with Gasteiger partial charge in [0.1, 0.15) is 11.6 Å². The third-order valence-corrected chi connectivity index (χ3v) is 5.92. The molecule has 0 fully saturated rings. The minimum Gasteiger partial charge on any atom is -0.497 e. The fourth-order valence-electron chi connectivity index (χ4n) is 3.90. The highest BCUT2D eigenvalue weighted by Crippen LogP contribution is 2.25. The Morgan fingerprint density at radius 1 is 1.06 bits per heavy atom. The fraction of sp³-hybridized carbons (Fsp3) is 0.192. The van der Waals surface area contributed by atoms with Crippen LogP contribution < -0.4 is 10.3 Å². The first kappa shape index (κ1) is 22.6. The van der Waals surface area contributed by atoms with Gasteiger partial charge in [-0.05, 0) is 74.5 Å². The molecule has 6 nitrogen and oxygen atoms in total. The molecule has 168 valence electrons. The van der Waals surface area contributed by atoms with Crippen molar-refractivity contribution in [1.82, 2.24) is 14.5 Å². The molecule has 0 N–H and O–H groups in total. The number of rotatable bonds is 6. The summed E-state index contributed by atoms with van der Waals surface area (Å²) in [6, 6.07) is 20.7. The molecule has 0 saturated carbocycles. The molecule has 0 aliphatic carbocycles. The predicted molar refractivity (Wildman–Crippen MR) is 130 cm³/mol. The Morgan fingerprint density at radius 2 is 1.73 bits per heavy atom. The zero-order valence-electron chi connectivity index (χ0n) is 18.7. The van der Waals surface area contributed by atoms with Crippen LogP contribution in [0, 0.1) is 0 Å². The molecule has 0 aliphatic heterocycles. The van der Waals surface area contributed by atoms with Crippen LogP contribution in [-0.4, -0.2) is 34.0 Å². The average Bonchev–Trinajstić information content (AvgIpc) is 2.85. The van der Waals surface area contributed by atoms with E-state index >= 15 is 0 Å². The number of carbonyl (C=O) groups excluding carboxylic acids is 1. The molecule has 0 bridgehead atoms. The van der Waals surface area contributed by atoms with Crippen molar-refractivity contribution >= 4 is 28.4 Å². The summed E-state index contributed by atoms with van der Waals surface area (Å²) in [6.45, 7) is 4.23. The Labute approximate surface area is 197 Å². The van der Waals surface area contributed by atoms with E-state index < -0.39 is 6.04 Å². The van der Waals surface area contributed by atoms with Gasteiger partial charge in [-0.2, -0.15) is 0 Å². The fourth-order valence-corrected chi connectivity index (χ4v) is 4.03. The molecule has 1 amide bonds. The zero-order chi connectivity index (χ0) is 23.5. The first-order chi connectivity index (χ1) is 15.9. The number of halogens is 1. The summed E-state index contributed by atoms with van der Waals surface area (Å²) in [5.74, 6) is 0.998. The van der Waals surface area contributed by atoms with Crippen LogP contribution in [0.1, 0.15) is 36.1 Å². The molecule has 0 saturated heterocycles. The van der Waals surface area contributed by atoms with Crippen molar-refractivity contribution in [2.75, 3.05) is 13.7 Å². The van der Waals surface area contributed by atoms with Crippen molar-refractivity contribution in [2.24, 2.45) is 0 Å². The summed E-state index contributed by atoms with van der Waals surface area (Å²) >= 11 is 6.08. The summed E-state index contributed by atoms with van der Waals surface area (Å²) in [6.07, 6.45) is 0. The van der Waals surface area contributed by atoms with Crippen LogP contribution >= 0.6 is 11.6 Å². The number of benzene rings is 3. The molecule has 4 aromatic rings. The van der Waals surface area contributed by atoms with E-state index in [1.807, 2.05) is 26.0 Å². The van der Waals surface area contributed by atoms with Crippen LogP contribution in [0.2, 0.25) is 5.02 Å². The van der Waals surface area contributed by atoms with E-state index in [0.717, 1.165) is 0 Å². The second-order valence-electron chi connectivity index (χ2n) is 7.60. The van der Waals surface area contributed by atoms with E-state index in [2.05, 4.69) is 0 Å². The summed E-state index contributed by atoms with van der Waals surface area (Å²) in [5, 5.41) is 1.08. The second kappa shape index (κ2) is 9.46. The van der Waals surface area contributed by atoms with Crippen molar-refractivity contribution in [3.63, 3.8) is 0 Å². The van der Waals surface area contributed by atoms with E-state index in [-0.39, 0.29) is 11.5 Å². The van der Waals surface area contributed by atoms with Gasteiger partial charge in [-0.25, -0.2) is 4.98 Å². The minimum atomic E-state index is -0.474. The van der Waals surface area contributed by atoms with Crippen LogP contribution in [0.25, 0.3) is 16.6 Å². The van der Waals surface area contributed by atoms with E-state index in [1.165, 1.54) is 0 Å². The molecule has 1 atom stereocenters. The first-order valence-corrected chi connectivity index (χ1v) is 11.0. The van der Waals surface area contributed by atoms with Crippen molar-refractivity contribution in [1.29, 1.82) is 0 Å². The van der Waals surface area contributed by atoms with E-state index in [1.54, 1.807) is 77.2 Å². The number of fused-ring (bicyclic) bond motifs is 1. The topological polar surface area (TPSA) is 64.4 Å². The summed E-state index contributed by atoms with van der Waals surface area (Å²) < 4.78 is 6.76. The summed E-state index contributed by atoms with van der Waals surface area (Å²) in [4.78, 5) is 33.4. The summed E-state index contributed by atoms with van der Waals surface area (Å²) in [5.41, 5.74) is 1.56. The van der Waals surface area contributed by atoms with Gasteiger partial charge in [-0.15, -0.1) is 0 Å². The Kier molecular flexibility index (Phi) is 6.47. The monoisotopic (exact) mass is 461 g/mol. The van der Waals surface area contributed by atoms with Gasteiger partial charge < -0.3 is 9.64 Å². The number of amides is 1. The number of methoxy groups -OCH3 is 1. The van der Waals surface area contributed by atoms with Gasteiger partial charge in [0.2, 0.25) is 0 Å². The van der Waals surface area contributed by atoms with Crippen LogP contribution in [0.15, 0.2) is 77.6 Å². The number of ether oxygens (including phenoxy) is 1. The van der Waals surface area contributed by atoms with Crippen LogP contribution in [0.3, 0.4) is 0 Å². The molecule has 0 radical (unpaired) electrons. The number of hydrogen-bond acceptors (Lipinski definition) is 4. The normalized spacial score (nSPS) is 11.9. The molecule has 0 spiro atoms. The van der Waals surface area contributed by atoms with Gasteiger partial charge in [0.25, 0.3) is 11.5 Å². The van der Waals surface area contributed by atoms with Crippen molar-refractivity contribution in [2.45, 2.75) is 19.9 Å². The molecule has 33 heavy (non-hydrogen) atoms. The Morgan fingerprint density at radius 3 is 2.36 bits per heavy atom. The van der Waals surface area contributed by atoms with Crippen LogP contribution in [0.4, 0.5) is 0 Å². The number of carbonyl (C=O) groups is 1. The maximum atomic E-state index is 13.5. The van der Waals surface area contributed by atoms with E-state index in [0.29, 0.717) is 45.3 Å². The maximum Gasteiger partial charge on any atom is 0.266 e. The number of para-hydroxylation sites is 1. The van der Waals surface area contributed by atoms with Crippen molar-refractivity contribution < 1.29 is 9.53 Å². The smallest absolute Gasteiger partial charge is 0.266 e. The molecule has 4 rings (SSSR count). The van der Waals surface area contributed by atoms with E-state index in [9.17, 15) is 9.59 Å². The highest BCUT2D eigenvalue weighted by atomic mass is 35.5. The standard InChI is InChI=1S/C26H24ClN3O3/c1-4-29(25(31)18-9-15-21(33-3)16-10-18)17(2)24-28-23-8-6-5-7-22(23)26(32)30(24)20-13-11-19(27)12-14-20/h5-17H,4H2,1-3H3. The van der Waals surface area contributed by atoms with Crippen LogP contribution in [-0.2, 0) is 0 Å². The molecule has 0 aliphatic rings. The van der Waals surface area contributed by atoms with Crippen LogP contribution in [0.5, 0.6) is 5.75 Å². The molecule has 1 aromatic heterocycles. The predicted octanol–water partition coefficient (Wildman–Crippen LogP) is 5.27.